The van der Waals surface area contributed by atoms with E-state index in [1.807, 2.05) is 5.38 Å². The zero-order chi connectivity index (χ0) is 13.8. The summed E-state index contributed by atoms with van der Waals surface area (Å²) in [5, 5.41) is 22.9. The minimum absolute atomic E-state index is 0.0251. The average Bonchev–Trinajstić information content (AvgIpc) is 2.87. The predicted molar refractivity (Wildman–Crippen MR) is 72.6 cm³/mol. The lowest BCUT2D eigenvalue weighted by molar-refractivity contribution is -0.385. The average molecular weight is 279 g/mol. The maximum Gasteiger partial charge on any atom is 0.272 e. The molecule has 1 heterocycles. The molecule has 0 saturated carbocycles. The van der Waals surface area contributed by atoms with E-state index in [1.165, 1.54) is 24.5 Å². The number of nitro groups is 1. The van der Waals surface area contributed by atoms with Gasteiger partial charge in [0.25, 0.3) is 5.69 Å². The van der Waals surface area contributed by atoms with Crippen molar-refractivity contribution in [2.24, 2.45) is 0 Å². The Morgan fingerprint density at radius 3 is 2.84 bits per heavy atom. The molecular formula is C13H13NO4S. The van der Waals surface area contributed by atoms with Crippen LogP contribution in [-0.2, 0) is 6.42 Å². The maximum absolute atomic E-state index is 10.9. The topological polar surface area (TPSA) is 72.6 Å². The van der Waals surface area contributed by atoms with E-state index in [-0.39, 0.29) is 12.1 Å². The number of aliphatic hydroxyl groups excluding tert-OH is 1. The Morgan fingerprint density at radius 2 is 2.16 bits per heavy atom. The summed E-state index contributed by atoms with van der Waals surface area (Å²) in [7, 11) is 1.53. The summed E-state index contributed by atoms with van der Waals surface area (Å²) in [4.78, 5) is 11.2. The van der Waals surface area contributed by atoms with Crippen molar-refractivity contribution in [2.45, 2.75) is 12.5 Å². The van der Waals surface area contributed by atoms with Crippen LogP contribution < -0.4 is 4.74 Å². The first-order valence-electron chi connectivity index (χ1n) is 5.65. The first kappa shape index (κ1) is 13.5. The number of hydrogen-bond acceptors (Lipinski definition) is 5. The molecule has 6 heteroatoms. The lowest BCUT2D eigenvalue weighted by Crippen LogP contribution is -2.04. The van der Waals surface area contributed by atoms with Crippen LogP contribution in [0.5, 0.6) is 5.75 Å². The number of benzene rings is 1. The van der Waals surface area contributed by atoms with E-state index >= 15 is 0 Å². The summed E-state index contributed by atoms with van der Waals surface area (Å²) in [6, 6.07) is 8.19. The van der Waals surface area contributed by atoms with Crippen LogP contribution in [0.25, 0.3) is 0 Å². The summed E-state index contributed by atoms with van der Waals surface area (Å²) in [5.74, 6) is 0.607. The molecule has 2 aromatic rings. The number of rotatable bonds is 5. The molecule has 1 aromatic heterocycles. The van der Waals surface area contributed by atoms with Gasteiger partial charge in [-0.25, -0.2) is 0 Å². The van der Waals surface area contributed by atoms with Gasteiger partial charge in [0.1, 0.15) is 5.75 Å². The van der Waals surface area contributed by atoms with E-state index in [9.17, 15) is 15.2 Å². The Kier molecular flexibility index (Phi) is 4.13. The third-order valence-corrected chi connectivity index (χ3v) is 3.78. The molecule has 0 fully saturated rings. The van der Waals surface area contributed by atoms with Gasteiger partial charge < -0.3 is 9.84 Å². The van der Waals surface area contributed by atoms with Crippen LogP contribution in [0.3, 0.4) is 0 Å². The van der Waals surface area contributed by atoms with Crippen molar-refractivity contribution in [3.8, 4) is 5.75 Å². The van der Waals surface area contributed by atoms with Gasteiger partial charge in [-0.1, -0.05) is 18.2 Å². The predicted octanol–water partition coefficient (Wildman–Crippen LogP) is 2.94. The molecule has 0 aliphatic carbocycles. The lowest BCUT2D eigenvalue weighted by atomic mass is 10.0. The van der Waals surface area contributed by atoms with Gasteiger partial charge in [0.15, 0.2) is 0 Å². The van der Waals surface area contributed by atoms with E-state index in [4.69, 9.17) is 4.74 Å². The number of ether oxygens (including phenoxy) is 1. The molecule has 0 bridgehead atoms. The molecular weight excluding hydrogens is 266 g/mol. The zero-order valence-corrected chi connectivity index (χ0v) is 11.1. The second kappa shape index (κ2) is 5.81. The lowest BCUT2D eigenvalue weighted by Gasteiger charge is -2.11. The fourth-order valence-corrected chi connectivity index (χ4v) is 2.73. The molecule has 5 nitrogen and oxygen atoms in total. The van der Waals surface area contributed by atoms with E-state index in [0.29, 0.717) is 16.2 Å². The summed E-state index contributed by atoms with van der Waals surface area (Å²) in [6.07, 6.45) is -0.621. The third-order valence-electron chi connectivity index (χ3n) is 2.78. The number of para-hydroxylation sites is 1. The second-order valence-corrected chi connectivity index (χ2v) is 4.91. The number of hydrogen-bond donors (Lipinski definition) is 1. The molecule has 2 rings (SSSR count). The highest BCUT2D eigenvalue weighted by Gasteiger charge is 2.20. The van der Waals surface area contributed by atoms with Crippen molar-refractivity contribution in [2.75, 3.05) is 7.11 Å². The van der Waals surface area contributed by atoms with Crippen molar-refractivity contribution in [3.63, 3.8) is 0 Å². The van der Waals surface area contributed by atoms with Crippen LogP contribution in [0, 0.1) is 10.1 Å². The number of methoxy groups -OCH3 is 1. The number of thiophene rings is 1. The van der Waals surface area contributed by atoms with Crippen LogP contribution in [0.4, 0.5) is 5.69 Å². The van der Waals surface area contributed by atoms with Crippen molar-refractivity contribution < 1.29 is 14.8 Å². The molecule has 0 aliphatic heterocycles. The van der Waals surface area contributed by atoms with E-state index in [1.54, 1.807) is 24.3 Å². The van der Waals surface area contributed by atoms with E-state index in [0.717, 1.165) is 0 Å². The molecule has 0 saturated heterocycles. The Balaban J connectivity index is 2.24. The third kappa shape index (κ3) is 2.91. The van der Waals surface area contributed by atoms with Crippen LogP contribution >= 0.6 is 11.3 Å². The SMILES string of the molecule is COc1ccsc1C(O)Cc1ccccc1[N+](=O)[O-]. The molecule has 0 radical (unpaired) electrons. The summed E-state index contributed by atoms with van der Waals surface area (Å²) in [6.45, 7) is 0. The van der Waals surface area contributed by atoms with Gasteiger partial charge in [-0.15, -0.1) is 11.3 Å². The molecule has 1 aromatic carbocycles. The minimum atomic E-state index is -0.809. The molecule has 1 N–H and O–H groups in total. The highest BCUT2D eigenvalue weighted by Crippen LogP contribution is 2.34. The molecule has 0 aliphatic rings. The van der Waals surface area contributed by atoms with Gasteiger partial charge in [0.2, 0.25) is 0 Å². The Bertz CT molecular complexity index is 582. The van der Waals surface area contributed by atoms with E-state index < -0.39 is 11.0 Å². The van der Waals surface area contributed by atoms with Gasteiger partial charge in [-0.2, -0.15) is 0 Å². The van der Waals surface area contributed by atoms with Gasteiger partial charge >= 0.3 is 0 Å². The van der Waals surface area contributed by atoms with Gasteiger partial charge in [0, 0.05) is 18.1 Å². The standard InChI is InChI=1S/C13H13NO4S/c1-18-12-6-7-19-13(12)11(15)8-9-4-2-3-5-10(9)14(16)17/h2-7,11,15H,8H2,1H3. The van der Waals surface area contributed by atoms with Gasteiger partial charge in [-0.3, -0.25) is 10.1 Å². The zero-order valence-electron chi connectivity index (χ0n) is 10.3. The summed E-state index contributed by atoms with van der Waals surface area (Å²) >= 11 is 1.37. The summed E-state index contributed by atoms with van der Waals surface area (Å²) in [5.41, 5.74) is 0.535. The first-order chi connectivity index (χ1) is 9.13. The molecule has 100 valence electrons. The summed E-state index contributed by atoms with van der Waals surface area (Å²) < 4.78 is 5.14. The molecule has 19 heavy (non-hydrogen) atoms. The molecule has 1 atom stereocenters. The van der Waals surface area contributed by atoms with Crippen molar-refractivity contribution in [1.82, 2.24) is 0 Å². The van der Waals surface area contributed by atoms with Crippen LogP contribution in [0.2, 0.25) is 0 Å². The van der Waals surface area contributed by atoms with Gasteiger partial charge in [0.05, 0.1) is 23.0 Å². The molecule has 0 spiro atoms. The fraction of sp³-hybridized carbons (Fsp3) is 0.231. The number of aliphatic hydroxyl groups is 1. The van der Waals surface area contributed by atoms with Crippen LogP contribution in [-0.4, -0.2) is 17.1 Å². The highest BCUT2D eigenvalue weighted by atomic mass is 32.1. The first-order valence-corrected chi connectivity index (χ1v) is 6.53. The maximum atomic E-state index is 10.9. The molecule has 1 unspecified atom stereocenters. The minimum Gasteiger partial charge on any atom is -0.495 e. The molecule has 0 amide bonds. The van der Waals surface area contributed by atoms with Crippen LogP contribution in [0.15, 0.2) is 35.7 Å². The van der Waals surface area contributed by atoms with Gasteiger partial charge in [-0.05, 0) is 11.4 Å². The van der Waals surface area contributed by atoms with E-state index in [2.05, 4.69) is 0 Å². The van der Waals surface area contributed by atoms with Crippen molar-refractivity contribution in [1.29, 1.82) is 0 Å². The second-order valence-electron chi connectivity index (χ2n) is 3.96. The largest absolute Gasteiger partial charge is 0.495 e. The van der Waals surface area contributed by atoms with Crippen molar-refractivity contribution in [3.05, 3.63) is 56.3 Å². The Morgan fingerprint density at radius 1 is 1.42 bits per heavy atom. The fourth-order valence-electron chi connectivity index (χ4n) is 1.88. The highest BCUT2D eigenvalue weighted by molar-refractivity contribution is 7.10. The monoisotopic (exact) mass is 279 g/mol. The number of nitro benzene ring substituents is 1. The van der Waals surface area contributed by atoms with Crippen molar-refractivity contribution >= 4 is 17.0 Å². The number of nitrogens with zero attached hydrogens (tertiary/aromatic N) is 1. The van der Waals surface area contributed by atoms with Crippen LogP contribution in [0.1, 0.15) is 16.5 Å². The quantitative estimate of drug-likeness (QED) is 0.674. The Labute approximate surface area is 114 Å². The Hall–Kier alpha value is -1.92. The smallest absolute Gasteiger partial charge is 0.272 e. The normalized spacial score (nSPS) is 12.1.